The molecule has 0 fully saturated rings. The van der Waals surface area contributed by atoms with Gasteiger partial charge in [-0.05, 0) is 5.56 Å². The molecular weight excluding hydrogens is 208 g/mol. The number of primary amides is 1. The summed E-state index contributed by atoms with van der Waals surface area (Å²) in [6, 6.07) is 10.0. The first-order valence-electron chi connectivity index (χ1n) is 4.54. The molecule has 0 aliphatic rings. The maximum Gasteiger partial charge on any atom is 0.268 e. The van der Waals surface area contributed by atoms with E-state index in [1.807, 2.05) is 30.3 Å². The van der Waals surface area contributed by atoms with Gasteiger partial charge < -0.3 is 5.73 Å². The number of amides is 1. The number of nitrogens with zero attached hydrogens (tertiary/aromatic N) is 1. The molecule has 2 rings (SSSR count). The molecule has 4 heteroatoms. The number of hydrogen-bond donors (Lipinski definition) is 1. The first kappa shape index (κ1) is 9.86. The van der Waals surface area contributed by atoms with Crippen molar-refractivity contribution < 1.29 is 4.79 Å². The van der Waals surface area contributed by atoms with Crippen molar-refractivity contribution in [3.8, 4) is 0 Å². The van der Waals surface area contributed by atoms with Crippen molar-refractivity contribution in [2.45, 2.75) is 6.42 Å². The van der Waals surface area contributed by atoms with E-state index < -0.39 is 5.91 Å². The number of aromatic nitrogens is 1. The van der Waals surface area contributed by atoms with Crippen LogP contribution in [0.3, 0.4) is 0 Å². The molecule has 2 aromatic rings. The molecule has 15 heavy (non-hydrogen) atoms. The molecule has 1 aromatic heterocycles. The van der Waals surface area contributed by atoms with Crippen molar-refractivity contribution in [3.63, 3.8) is 0 Å². The van der Waals surface area contributed by atoms with E-state index in [0.29, 0.717) is 5.69 Å². The van der Waals surface area contributed by atoms with E-state index in [9.17, 15) is 4.79 Å². The van der Waals surface area contributed by atoms with Crippen molar-refractivity contribution in [1.82, 2.24) is 4.98 Å². The molecule has 1 amide bonds. The molecular formula is C11H10N2OS. The average molecular weight is 218 g/mol. The zero-order valence-corrected chi connectivity index (χ0v) is 8.83. The highest BCUT2D eigenvalue weighted by atomic mass is 32.1. The minimum Gasteiger partial charge on any atom is -0.364 e. The molecule has 0 atom stereocenters. The van der Waals surface area contributed by atoms with Crippen LogP contribution >= 0.6 is 11.3 Å². The van der Waals surface area contributed by atoms with E-state index in [-0.39, 0.29) is 0 Å². The largest absolute Gasteiger partial charge is 0.364 e. The molecule has 0 saturated heterocycles. The van der Waals surface area contributed by atoms with E-state index in [1.54, 1.807) is 5.38 Å². The summed E-state index contributed by atoms with van der Waals surface area (Å²) >= 11 is 1.46. The van der Waals surface area contributed by atoms with Gasteiger partial charge in [-0.2, -0.15) is 0 Å². The third-order valence-corrected chi connectivity index (χ3v) is 2.85. The molecule has 2 N–H and O–H groups in total. The lowest BCUT2D eigenvalue weighted by Crippen LogP contribution is -2.11. The van der Waals surface area contributed by atoms with Crippen molar-refractivity contribution in [1.29, 1.82) is 0 Å². The maximum absolute atomic E-state index is 10.8. The van der Waals surface area contributed by atoms with Crippen molar-refractivity contribution in [3.05, 3.63) is 52.0 Å². The minimum atomic E-state index is -0.467. The van der Waals surface area contributed by atoms with Gasteiger partial charge in [0.2, 0.25) is 0 Å². The van der Waals surface area contributed by atoms with Gasteiger partial charge in [-0.1, -0.05) is 30.3 Å². The van der Waals surface area contributed by atoms with Crippen LogP contribution in [0.25, 0.3) is 0 Å². The third-order valence-electron chi connectivity index (χ3n) is 2.00. The Morgan fingerprint density at radius 1 is 1.33 bits per heavy atom. The van der Waals surface area contributed by atoms with E-state index in [0.717, 1.165) is 11.4 Å². The van der Waals surface area contributed by atoms with Gasteiger partial charge in [-0.15, -0.1) is 11.3 Å². The second-order valence-electron chi connectivity index (χ2n) is 3.15. The van der Waals surface area contributed by atoms with E-state index in [2.05, 4.69) is 4.98 Å². The van der Waals surface area contributed by atoms with E-state index >= 15 is 0 Å². The molecule has 0 aliphatic heterocycles. The molecule has 0 bridgehead atoms. The predicted molar refractivity (Wildman–Crippen MR) is 59.9 cm³/mol. The fraction of sp³-hybridized carbons (Fsp3) is 0.0909. The summed E-state index contributed by atoms with van der Waals surface area (Å²) in [7, 11) is 0. The lowest BCUT2D eigenvalue weighted by Gasteiger charge is -1.95. The summed E-state index contributed by atoms with van der Waals surface area (Å²) < 4.78 is 0. The molecule has 76 valence electrons. The normalized spacial score (nSPS) is 10.1. The molecule has 3 nitrogen and oxygen atoms in total. The highest BCUT2D eigenvalue weighted by Gasteiger charge is 2.06. The van der Waals surface area contributed by atoms with Gasteiger partial charge >= 0.3 is 0 Å². The summed E-state index contributed by atoms with van der Waals surface area (Å²) in [6.07, 6.45) is 0.749. The average Bonchev–Trinajstić information content (AvgIpc) is 2.68. The second-order valence-corrected chi connectivity index (χ2v) is 4.10. The Kier molecular flexibility index (Phi) is 2.78. The minimum absolute atomic E-state index is 0.353. The number of rotatable bonds is 3. The number of carbonyl (C=O) groups excluding carboxylic acids is 1. The first-order chi connectivity index (χ1) is 7.25. The second kappa shape index (κ2) is 4.23. The summed E-state index contributed by atoms with van der Waals surface area (Å²) in [4.78, 5) is 15.0. The number of nitrogens with two attached hydrogens (primary N) is 1. The molecule has 0 saturated carbocycles. The van der Waals surface area contributed by atoms with Crippen molar-refractivity contribution in [2.24, 2.45) is 5.73 Å². The number of benzene rings is 1. The zero-order valence-electron chi connectivity index (χ0n) is 8.01. The van der Waals surface area contributed by atoms with Crippen LogP contribution in [0.15, 0.2) is 35.7 Å². The van der Waals surface area contributed by atoms with Gasteiger partial charge in [0.05, 0.1) is 5.01 Å². The first-order valence-corrected chi connectivity index (χ1v) is 5.42. The lowest BCUT2D eigenvalue weighted by atomic mass is 10.2. The Morgan fingerprint density at radius 3 is 2.67 bits per heavy atom. The van der Waals surface area contributed by atoms with E-state index in [1.165, 1.54) is 16.9 Å². The standard InChI is InChI=1S/C11H10N2OS/c12-11(14)9-7-15-10(13-9)6-8-4-2-1-3-5-8/h1-5,7H,6H2,(H2,12,14). The fourth-order valence-corrected chi connectivity index (χ4v) is 2.09. The van der Waals surface area contributed by atoms with Gasteiger partial charge in [0.1, 0.15) is 5.69 Å². The topological polar surface area (TPSA) is 56.0 Å². The monoisotopic (exact) mass is 218 g/mol. The third kappa shape index (κ3) is 2.41. The van der Waals surface area contributed by atoms with Crippen LogP contribution < -0.4 is 5.73 Å². The molecule has 0 spiro atoms. The van der Waals surface area contributed by atoms with Crippen LogP contribution in [0.5, 0.6) is 0 Å². The van der Waals surface area contributed by atoms with Gasteiger partial charge in [-0.25, -0.2) is 4.98 Å². The Morgan fingerprint density at radius 2 is 2.07 bits per heavy atom. The van der Waals surface area contributed by atoms with Crippen LogP contribution in [0.1, 0.15) is 21.1 Å². The lowest BCUT2D eigenvalue weighted by molar-refractivity contribution is 0.0996. The van der Waals surface area contributed by atoms with Gasteiger partial charge in [0.15, 0.2) is 0 Å². The number of hydrogen-bond acceptors (Lipinski definition) is 3. The highest BCUT2D eigenvalue weighted by molar-refractivity contribution is 7.09. The fourth-order valence-electron chi connectivity index (χ4n) is 1.28. The van der Waals surface area contributed by atoms with Crippen molar-refractivity contribution in [2.75, 3.05) is 0 Å². The van der Waals surface area contributed by atoms with Crippen molar-refractivity contribution >= 4 is 17.2 Å². The quantitative estimate of drug-likeness (QED) is 0.854. The Hall–Kier alpha value is -1.68. The Balaban J connectivity index is 2.15. The SMILES string of the molecule is NC(=O)c1csc(Cc2ccccc2)n1. The van der Waals surface area contributed by atoms with Crippen LogP contribution in [0, 0.1) is 0 Å². The molecule has 1 aromatic carbocycles. The molecule has 0 aliphatic carbocycles. The molecule has 0 unspecified atom stereocenters. The van der Waals surface area contributed by atoms with Gasteiger partial charge in [0, 0.05) is 11.8 Å². The highest BCUT2D eigenvalue weighted by Crippen LogP contribution is 2.14. The summed E-state index contributed by atoms with van der Waals surface area (Å²) in [5.74, 6) is -0.467. The van der Waals surface area contributed by atoms with Crippen LogP contribution in [0.2, 0.25) is 0 Å². The summed E-state index contributed by atoms with van der Waals surface area (Å²) in [6.45, 7) is 0. The van der Waals surface area contributed by atoms with Gasteiger partial charge in [0.25, 0.3) is 5.91 Å². The van der Waals surface area contributed by atoms with Crippen LogP contribution in [0.4, 0.5) is 0 Å². The molecule has 0 radical (unpaired) electrons. The number of thiazole rings is 1. The van der Waals surface area contributed by atoms with E-state index in [4.69, 9.17) is 5.73 Å². The zero-order chi connectivity index (χ0) is 10.7. The Bertz CT molecular complexity index is 464. The van der Waals surface area contributed by atoms with Crippen LogP contribution in [-0.2, 0) is 6.42 Å². The summed E-state index contributed by atoms with van der Waals surface area (Å²) in [5.41, 5.74) is 6.66. The number of carbonyl (C=O) groups is 1. The smallest absolute Gasteiger partial charge is 0.268 e. The van der Waals surface area contributed by atoms with Gasteiger partial charge in [-0.3, -0.25) is 4.79 Å². The Labute approximate surface area is 91.6 Å². The van der Waals surface area contributed by atoms with Crippen LogP contribution in [-0.4, -0.2) is 10.9 Å². The maximum atomic E-state index is 10.8. The predicted octanol–water partition coefficient (Wildman–Crippen LogP) is 1.83. The molecule has 1 heterocycles. The summed E-state index contributed by atoms with van der Waals surface area (Å²) in [5, 5.41) is 2.61.